The van der Waals surface area contributed by atoms with E-state index in [0.29, 0.717) is 6.04 Å². The van der Waals surface area contributed by atoms with E-state index in [4.69, 9.17) is 4.74 Å². The Morgan fingerprint density at radius 1 is 0.846 bits per heavy atom. The van der Waals surface area contributed by atoms with Crippen molar-refractivity contribution in [3.63, 3.8) is 0 Å². The van der Waals surface area contributed by atoms with Crippen molar-refractivity contribution in [3.05, 3.63) is 29.8 Å². The van der Waals surface area contributed by atoms with Crippen LogP contribution in [0.3, 0.4) is 0 Å². The van der Waals surface area contributed by atoms with Crippen molar-refractivity contribution >= 4 is 0 Å². The van der Waals surface area contributed by atoms with Gasteiger partial charge in [-0.25, -0.2) is 0 Å². The van der Waals surface area contributed by atoms with Crippen LogP contribution in [0, 0.1) is 0 Å². The lowest BCUT2D eigenvalue weighted by Crippen LogP contribution is -2.37. The van der Waals surface area contributed by atoms with Crippen molar-refractivity contribution in [2.75, 3.05) is 32.8 Å². The Morgan fingerprint density at radius 3 is 2.42 bits per heavy atom. The second-order valence-corrected chi connectivity index (χ2v) is 8.15. The van der Waals surface area contributed by atoms with Crippen molar-refractivity contribution in [1.82, 2.24) is 9.80 Å². The smallest absolute Gasteiger partial charge is 0.119 e. The number of fused-ring (bicyclic) bond motifs is 1. The highest BCUT2D eigenvalue weighted by atomic mass is 16.5. The Balaban J connectivity index is 0.00000196. The van der Waals surface area contributed by atoms with Gasteiger partial charge in [-0.15, -0.1) is 0 Å². The molecule has 1 aromatic carbocycles. The standard InChI is InChI=1S/C22H34N2O.CH4/c1-2-14-23(15-3-1)16-6-18-25-21-12-10-19(11-13-21)22-9-4-7-20-8-5-17-24(20)22;/h10-13,20,22H,1-9,14-18H2;1H4. The highest BCUT2D eigenvalue weighted by molar-refractivity contribution is 5.29. The lowest BCUT2D eigenvalue weighted by Gasteiger charge is -2.38. The summed E-state index contributed by atoms with van der Waals surface area (Å²) in [5.74, 6) is 1.04. The maximum Gasteiger partial charge on any atom is 0.119 e. The lowest BCUT2D eigenvalue weighted by atomic mass is 9.92. The van der Waals surface area contributed by atoms with E-state index in [1.165, 1.54) is 83.1 Å². The number of hydrogen-bond donors (Lipinski definition) is 0. The van der Waals surface area contributed by atoms with Gasteiger partial charge in [0.1, 0.15) is 5.75 Å². The molecule has 0 spiro atoms. The summed E-state index contributed by atoms with van der Waals surface area (Å²) in [6.45, 7) is 5.90. The Hall–Kier alpha value is -1.06. The largest absolute Gasteiger partial charge is 0.494 e. The summed E-state index contributed by atoms with van der Waals surface area (Å²) in [5.41, 5.74) is 1.49. The third-order valence-electron chi connectivity index (χ3n) is 6.44. The van der Waals surface area contributed by atoms with Crippen LogP contribution in [0.1, 0.15) is 76.8 Å². The van der Waals surface area contributed by atoms with Crippen molar-refractivity contribution in [2.45, 2.75) is 77.3 Å². The molecule has 3 fully saturated rings. The molecule has 146 valence electrons. The molecule has 3 nitrogen and oxygen atoms in total. The normalized spacial score (nSPS) is 26.9. The molecule has 4 rings (SSSR count). The summed E-state index contributed by atoms with van der Waals surface area (Å²) >= 11 is 0. The van der Waals surface area contributed by atoms with Crippen LogP contribution in [0.25, 0.3) is 0 Å². The van der Waals surface area contributed by atoms with E-state index in [1.54, 1.807) is 0 Å². The highest BCUT2D eigenvalue weighted by Gasteiger charge is 2.34. The van der Waals surface area contributed by atoms with E-state index < -0.39 is 0 Å². The van der Waals surface area contributed by atoms with Gasteiger partial charge in [-0.3, -0.25) is 4.90 Å². The monoisotopic (exact) mass is 358 g/mol. The number of nitrogens with zero attached hydrogens (tertiary/aromatic N) is 2. The van der Waals surface area contributed by atoms with Gasteiger partial charge in [0, 0.05) is 18.6 Å². The molecule has 3 aliphatic rings. The molecule has 0 aliphatic carbocycles. The van der Waals surface area contributed by atoms with Crippen LogP contribution >= 0.6 is 0 Å². The van der Waals surface area contributed by atoms with Gasteiger partial charge in [-0.1, -0.05) is 26.0 Å². The van der Waals surface area contributed by atoms with Crippen molar-refractivity contribution in [3.8, 4) is 5.75 Å². The second kappa shape index (κ2) is 9.75. The number of benzene rings is 1. The predicted octanol–water partition coefficient (Wildman–Crippen LogP) is 5.27. The zero-order valence-corrected chi connectivity index (χ0v) is 15.7. The summed E-state index contributed by atoms with van der Waals surface area (Å²) in [6.07, 6.45) is 12.2. The average molecular weight is 359 g/mol. The first-order valence-electron chi connectivity index (χ1n) is 10.6. The van der Waals surface area contributed by atoms with Gasteiger partial charge >= 0.3 is 0 Å². The molecule has 2 atom stereocenters. The first-order valence-corrected chi connectivity index (χ1v) is 10.6. The Kier molecular flexibility index (Phi) is 7.39. The zero-order chi connectivity index (χ0) is 16.9. The van der Waals surface area contributed by atoms with Gasteiger partial charge in [0.2, 0.25) is 0 Å². The predicted molar refractivity (Wildman–Crippen MR) is 110 cm³/mol. The molecule has 3 saturated heterocycles. The van der Waals surface area contributed by atoms with Crippen LogP contribution in [0.5, 0.6) is 5.75 Å². The third kappa shape index (κ3) is 4.80. The first kappa shape index (κ1) is 19.7. The van der Waals surface area contributed by atoms with Crippen molar-refractivity contribution in [2.24, 2.45) is 0 Å². The maximum atomic E-state index is 5.99. The van der Waals surface area contributed by atoms with Gasteiger partial charge in [-0.2, -0.15) is 0 Å². The molecule has 0 amide bonds. The summed E-state index contributed by atoms with van der Waals surface area (Å²) in [6, 6.07) is 10.5. The molecule has 0 radical (unpaired) electrons. The van der Waals surface area contributed by atoms with E-state index in [-0.39, 0.29) is 7.43 Å². The Bertz CT molecular complexity index is 524. The van der Waals surface area contributed by atoms with Crippen LogP contribution in [-0.2, 0) is 0 Å². The highest BCUT2D eigenvalue weighted by Crippen LogP contribution is 2.39. The molecule has 0 saturated carbocycles. The van der Waals surface area contributed by atoms with E-state index >= 15 is 0 Å². The van der Waals surface area contributed by atoms with Crippen LogP contribution < -0.4 is 4.74 Å². The molecule has 2 unspecified atom stereocenters. The maximum absolute atomic E-state index is 5.99. The van der Waals surface area contributed by atoms with Crippen LogP contribution in [0.4, 0.5) is 0 Å². The molecule has 3 heteroatoms. The minimum Gasteiger partial charge on any atom is -0.494 e. The van der Waals surface area contributed by atoms with Crippen LogP contribution in [0.15, 0.2) is 24.3 Å². The van der Waals surface area contributed by atoms with E-state index in [0.717, 1.165) is 24.8 Å². The van der Waals surface area contributed by atoms with Crippen LogP contribution in [0.2, 0.25) is 0 Å². The van der Waals surface area contributed by atoms with Crippen molar-refractivity contribution < 1.29 is 4.74 Å². The second-order valence-electron chi connectivity index (χ2n) is 8.15. The molecule has 0 N–H and O–H groups in total. The molecule has 0 aromatic heterocycles. The minimum absolute atomic E-state index is 0. The number of hydrogen-bond acceptors (Lipinski definition) is 3. The summed E-state index contributed by atoms with van der Waals surface area (Å²) in [4.78, 5) is 5.35. The molecule has 3 heterocycles. The van der Waals surface area contributed by atoms with E-state index in [2.05, 4.69) is 34.1 Å². The molecule has 3 aliphatic heterocycles. The van der Waals surface area contributed by atoms with Gasteiger partial charge in [-0.05, 0) is 88.7 Å². The number of ether oxygens (including phenoxy) is 1. The summed E-state index contributed by atoms with van der Waals surface area (Å²) in [7, 11) is 0. The lowest BCUT2D eigenvalue weighted by molar-refractivity contribution is 0.123. The van der Waals surface area contributed by atoms with Gasteiger partial charge in [0.05, 0.1) is 6.61 Å². The Morgan fingerprint density at radius 2 is 1.62 bits per heavy atom. The fourth-order valence-corrected chi connectivity index (χ4v) is 5.10. The quantitative estimate of drug-likeness (QED) is 0.645. The van der Waals surface area contributed by atoms with E-state index in [1.807, 2.05) is 0 Å². The summed E-state index contributed by atoms with van der Waals surface area (Å²) in [5, 5.41) is 0. The molecule has 1 aromatic rings. The van der Waals surface area contributed by atoms with E-state index in [9.17, 15) is 0 Å². The fourth-order valence-electron chi connectivity index (χ4n) is 5.10. The van der Waals surface area contributed by atoms with Gasteiger partial charge in [0.25, 0.3) is 0 Å². The SMILES string of the molecule is C.c1cc(C2CCCC3CCCN32)ccc1OCCCN1CCCCC1. The van der Waals surface area contributed by atoms with Gasteiger partial charge in [0.15, 0.2) is 0 Å². The number of likely N-dealkylation sites (tertiary alicyclic amines) is 1. The molecule has 0 bridgehead atoms. The number of rotatable bonds is 6. The molecular weight excluding hydrogens is 320 g/mol. The fraction of sp³-hybridized carbons (Fsp3) is 0.739. The van der Waals surface area contributed by atoms with Gasteiger partial charge < -0.3 is 9.64 Å². The zero-order valence-electron chi connectivity index (χ0n) is 15.7. The van der Waals surface area contributed by atoms with Crippen molar-refractivity contribution in [1.29, 1.82) is 0 Å². The molecule has 26 heavy (non-hydrogen) atoms. The average Bonchev–Trinajstić information content (AvgIpc) is 3.15. The summed E-state index contributed by atoms with van der Waals surface area (Å²) < 4.78 is 5.99. The minimum atomic E-state index is 0. The third-order valence-corrected chi connectivity index (χ3v) is 6.44. The number of piperidine rings is 2. The van der Waals surface area contributed by atoms with Crippen LogP contribution in [-0.4, -0.2) is 48.6 Å². The Labute approximate surface area is 160 Å². The topological polar surface area (TPSA) is 15.7 Å². The molecular formula is C23H38N2O. The first-order chi connectivity index (χ1) is 12.4.